The number of aliphatic hydroxyl groups is 1. The second-order valence-corrected chi connectivity index (χ2v) is 5.37. The number of alkyl halides is 3. The van der Waals surface area contributed by atoms with E-state index in [9.17, 15) is 33.2 Å². The predicted octanol–water partition coefficient (Wildman–Crippen LogP) is 2.74. The molecule has 1 aromatic rings. The lowest BCUT2D eigenvalue weighted by Gasteiger charge is -2.28. The molecule has 1 N–H and O–H groups in total. The molecule has 1 rings (SSSR count). The molecular formula is C13H15F3N2O4. The highest BCUT2D eigenvalue weighted by Gasteiger charge is 2.39. The Kier molecular flexibility index (Phi) is 4.81. The van der Waals surface area contributed by atoms with Crippen molar-refractivity contribution in [1.82, 2.24) is 0 Å². The molecule has 0 aliphatic rings. The molecule has 22 heavy (non-hydrogen) atoms. The van der Waals surface area contributed by atoms with Gasteiger partial charge in [0.2, 0.25) is 5.91 Å². The number of benzene rings is 1. The van der Waals surface area contributed by atoms with E-state index in [-0.39, 0.29) is 12.2 Å². The Labute approximate surface area is 124 Å². The molecule has 0 aromatic heterocycles. The first-order valence-electron chi connectivity index (χ1n) is 6.19. The van der Waals surface area contributed by atoms with Gasteiger partial charge < -0.3 is 10.0 Å². The van der Waals surface area contributed by atoms with Gasteiger partial charge in [-0.2, -0.15) is 13.2 Å². The molecule has 0 saturated carbocycles. The van der Waals surface area contributed by atoms with Gasteiger partial charge in [-0.05, 0) is 26.0 Å². The maximum absolute atomic E-state index is 12.9. The molecule has 0 atom stereocenters. The minimum Gasteiger partial charge on any atom is -0.389 e. The van der Waals surface area contributed by atoms with Crippen molar-refractivity contribution in [1.29, 1.82) is 0 Å². The van der Waals surface area contributed by atoms with Crippen LogP contribution >= 0.6 is 0 Å². The number of halogens is 3. The van der Waals surface area contributed by atoms with E-state index in [1.165, 1.54) is 13.8 Å². The number of hydrogen-bond donors (Lipinski definition) is 1. The Bertz CT molecular complexity index is 594. The fourth-order valence-electron chi connectivity index (χ4n) is 1.85. The number of carbonyl (C=O) groups is 1. The molecule has 6 nitrogen and oxygen atoms in total. The molecule has 1 aromatic carbocycles. The Balaban J connectivity index is 3.41. The van der Waals surface area contributed by atoms with E-state index in [1.807, 2.05) is 0 Å². The van der Waals surface area contributed by atoms with Crippen molar-refractivity contribution in [2.24, 2.45) is 0 Å². The van der Waals surface area contributed by atoms with E-state index in [0.717, 1.165) is 17.9 Å². The minimum atomic E-state index is -4.93. The second kappa shape index (κ2) is 5.91. The van der Waals surface area contributed by atoms with E-state index in [4.69, 9.17) is 0 Å². The number of nitrogens with zero attached hydrogens (tertiary/aromatic N) is 2. The highest BCUT2D eigenvalue weighted by molar-refractivity contribution is 5.92. The van der Waals surface area contributed by atoms with Gasteiger partial charge in [-0.3, -0.25) is 14.9 Å². The zero-order chi connectivity index (χ0) is 17.3. The van der Waals surface area contributed by atoms with Gasteiger partial charge in [0.15, 0.2) is 0 Å². The third kappa shape index (κ3) is 4.42. The highest BCUT2D eigenvalue weighted by Crippen LogP contribution is 2.38. The molecule has 0 spiro atoms. The SMILES string of the molecule is CC(=O)N(CC(C)(C)O)c1ccc([N+](=O)[O-])c(C(F)(F)F)c1. The van der Waals surface area contributed by atoms with Crippen LogP contribution in [-0.4, -0.2) is 28.1 Å². The summed E-state index contributed by atoms with van der Waals surface area (Å²) in [5.74, 6) is -0.593. The number of nitro benzene ring substituents is 1. The van der Waals surface area contributed by atoms with Crippen LogP contribution in [0.2, 0.25) is 0 Å². The third-order valence-electron chi connectivity index (χ3n) is 2.72. The van der Waals surface area contributed by atoms with Gasteiger partial charge in [0.05, 0.1) is 17.1 Å². The van der Waals surface area contributed by atoms with Crippen LogP contribution in [0, 0.1) is 10.1 Å². The Morgan fingerprint density at radius 1 is 1.36 bits per heavy atom. The maximum atomic E-state index is 12.9. The molecule has 0 bridgehead atoms. The smallest absolute Gasteiger partial charge is 0.389 e. The minimum absolute atomic E-state index is 0.174. The zero-order valence-electron chi connectivity index (χ0n) is 12.1. The summed E-state index contributed by atoms with van der Waals surface area (Å²) in [5.41, 5.74) is -4.06. The molecule has 0 aliphatic heterocycles. The summed E-state index contributed by atoms with van der Waals surface area (Å²) in [4.78, 5) is 22.1. The number of carbonyl (C=O) groups excluding carboxylic acids is 1. The van der Waals surface area contributed by atoms with Crippen molar-refractivity contribution in [3.63, 3.8) is 0 Å². The Morgan fingerprint density at radius 3 is 2.27 bits per heavy atom. The van der Waals surface area contributed by atoms with Crippen molar-refractivity contribution in [3.8, 4) is 0 Å². The number of rotatable bonds is 4. The summed E-state index contributed by atoms with van der Waals surface area (Å²) in [7, 11) is 0. The van der Waals surface area contributed by atoms with Crippen LogP contribution in [-0.2, 0) is 11.0 Å². The number of nitro groups is 1. The summed E-state index contributed by atoms with van der Waals surface area (Å²) in [6, 6.07) is 2.27. The van der Waals surface area contributed by atoms with E-state index in [1.54, 1.807) is 0 Å². The predicted molar refractivity (Wildman–Crippen MR) is 72.4 cm³/mol. The fourth-order valence-corrected chi connectivity index (χ4v) is 1.85. The standard InChI is InChI=1S/C13H15F3N2O4/c1-8(19)17(7-12(2,3)20)9-4-5-11(18(21)22)10(6-9)13(14,15)16/h4-6,20H,7H2,1-3H3. The van der Waals surface area contributed by atoms with E-state index < -0.39 is 33.9 Å². The van der Waals surface area contributed by atoms with Gasteiger partial charge in [0.25, 0.3) is 5.69 Å². The van der Waals surface area contributed by atoms with Gasteiger partial charge in [-0.25, -0.2) is 0 Å². The molecule has 0 heterocycles. The lowest BCUT2D eigenvalue weighted by Crippen LogP contribution is -2.41. The maximum Gasteiger partial charge on any atom is 0.423 e. The normalized spacial score (nSPS) is 12.1. The summed E-state index contributed by atoms with van der Waals surface area (Å²) in [6.45, 7) is 3.65. The van der Waals surface area contributed by atoms with Crippen LogP contribution in [0.4, 0.5) is 24.5 Å². The number of hydrogen-bond acceptors (Lipinski definition) is 4. The van der Waals surface area contributed by atoms with Crippen LogP contribution in [0.25, 0.3) is 0 Å². The molecule has 122 valence electrons. The van der Waals surface area contributed by atoms with Crippen LogP contribution in [0.3, 0.4) is 0 Å². The van der Waals surface area contributed by atoms with Crippen LogP contribution in [0.5, 0.6) is 0 Å². The quantitative estimate of drug-likeness (QED) is 0.683. The van der Waals surface area contributed by atoms with Gasteiger partial charge in [-0.15, -0.1) is 0 Å². The largest absolute Gasteiger partial charge is 0.423 e. The van der Waals surface area contributed by atoms with E-state index in [2.05, 4.69) is 0 Å². The fraction of sp³-hybridized carbons (Fsp3) is 0.462. The third-order valence-corrected chi connectivity index (χ3v) is 2.72. The number of anilines is 1. The molecule has 1 amide bonds. The summed E-state index contributed by atoms with van der Waals surface area (Å²) in [5, 5.41) is 20.4. The van der Waals surface area contributed by atoms with Crippen LogP contribution < -0.4 is 4.90 Å². The average molecular weight is 320 g/mol. The van der Waals surface area contributed by atoms with E-state index >= 15 is 0 Å². The zero-order valence-corrected chi connectivity index (χ0v) is 12.1. The second-order valence-electron chi connectivity index (χ2n) is 5.37. The molecule has 0 radical (unpaired) electrons. The summed E-state index contributed by atoms with van der Waals surface area (Å²) < 4.78 is 38.8. The molecular weight excluding hydrogens is 305 g/mol. The van der Waals surface area contributed by atoms with Gasteiger partial charge in [0.1, 0.15) is 5.56 Å². The molecule has 0 unspecified atom stereocenters. The van der Waals surface area contributed by atoms with Crippen LogP contribution in [0.15, 0.2) is 18.2 Å². The molecule has 0 aliphatic carbocycles. The lowest BCUT2D eigenvalue weighted by molar-refractivity contribution is -0.388. The topological polar surface area (TPSA) is 83.7 Å². The first-order chi connectivity index (χ1) is 9.83. The van der Waals surface area contributed by atoms with Crippen molar-refractivity contribution in [2.75, 3.05) is 11.4 Å². The first-order valence-corrected chi connectivity index (χ1v) is 6.19. The lowest BCUT2D eigenvalue weighted by atomic mass is 10.1. The summed E-state index contributed by atoms with van der Waals surface area (Å²) in [6.07, 6.45) is -4.93. The van der Waals surface area contributed by atoms with Crippen molar-refractivity contribution in [3.05, 3.63) is 33.9 Å². The Morgan fingerprint density at radius 2 is 1.91 bits per heavy atom. The van der Waals surface area contributed by atoms with Gasteiger partial charge >= 0.3 is 6.18 Å². The van der Waals surface area contributed by atoms with Crippen LogP contribution in [0.1, 0.15) is 26.3 Å². The molecule has 0 saturated heterocycles. The molecule has 0 fully saturated rings. The van der Waals surface area contributed by atoms with E-state index in [0.29, 0.717) is 12.1 Å². The average Bonchev–Trinajstić information content (AvgIpc) is 2.32. The van der Waals surface area contributed by atoms with Crippen molar-refractivity contribution < 1.29 is 28.0 Å². The Hall–Kier alpha value is -2.16. The highest BCUT2D eigenvalue weighted by atomic mass is 19.4. The van der Waals surface area contributed by atoms with Gasteiger partial charge in [-0.1, -0.05) is 0 Å². The number of amides is 1. The summed E-state index contributed by atoms with van der Waals surface area (Å²) >= 11 is 0. The van der Waals surface area contributed by atoms with Gasteiger partial charge in [0, 0.05) is 18.7 Å². The van der Waals surface area contributed by atoms with Crippen molar-refractivity contribution in [2.45, 2.75) is 32.5 Å². The monoisotopic (exact) mass is 320 g/mol. The molecule has 9 heteroatoms. The first kappa shape index (κ1) is 17.9. The van der Waals surface area contributed by atoms with Crippen molar-refractivity contribution >= 4 is 17.3 Å².